The van der Waals surface area contributed by atoms with Crippen molar-refractivity contribution in [3.63, 3.8) is 0 Å². The maximum Gasteiger partial charge on any atom is 0.289 e. The summed E-state index contributed by atoms with van der Waals surface area (Å²) < 4.78 is 12.4. The smallest absolute Gasteiger partial charge is 0.289 e. The number of ether oxygens (including phenoxy) is 1. The molecule has 0 saturated carbocycles. The zero-order valence-electron chi connectivity index (χ0n) is 15.3. The lowest BCUT2D eigenvalue weighted by Gasteiger charge is -2.16. The first-order valence-electron chi connectivity index (χ1n) is 9.25. The third kappa shape index (κ3) is 4.57. The van der Waals surface area contributed by atoms with Crippen molar-refractivity contribution in [2.45, 2.75) is 19.1 Å². The van der Waals surface area contributed by atoms with Crippen molar-refractivity contribution in [3.8, 4) is 5.75 Å². The minimum Gasteiger partial charge on any atom is -0.486 e. The maximum absolute atomic E-state index is 12.7. The van der Waals surface area contributed by atoms with E-state index in [0.29, 0.717) is 18.1 Å². The number of likely N-dealkylation sites (tertiary alicyclic amines) is 1. The number of halogens is 1. The Balaban J connectivity index is 1.31. The van der Waals surface area contributed by atoms with E-state index in [1.54, 1.807) is 12.1 Å². The Morgan fingerprint density at radius 2 is 1.89 bits per heavy atom. The predicted octanol–water partition coefficient (Wildman–Crippen LogP) is 4.95. The van der Waals surface area contributed by atoms with Crippen LogP contribution in [0.2, 0.25) is 0 Å². The van der Waals surface area contributed by atoms with Crippen LogP contribution in [0.15, 0.2) is 75.6 Å². The first kappa shape index (κ1) is 18.6. The van der Waals surface area contributed by atoms with Crippen LogP contribution in [0.4, 0.5) is 5.69 Å². The second kappa shape index (κ2) is 8.52. The van der Waals surface area contributed by atoms with Crippen LogP contribution in [0, 0.1) is 0 Å². The topological polar surface area (TPSA) is 54.7 Å². The van der Waals surface area contributed by atoms with E-state index in [1.165, 1.54) is 0 Å². The van der Waals surface area contributed by atoms with Crippen LogP contribution in [0.5, 0.6) is 5.75 Å². The lowest BCUT2D eigenvalue weighted by molar-refractivity contribution is 0.0756. The number of hydrogen-bond acceptors (Lipinski definition) is 4. The van der Waals surface area contributed by atoms with Crippen LogP contribution in [-0.4, -0.2) is 29.9 Å². The van der Waals surface area contributed by atoms with Crippen molar-refractivity contribution >= 4 is 27.5 Å². The van der Waals surface area contributed by atoms with Crippen LogP contribution in [0.25, 0.3) is 0 Å². The number of nitrogens with one attached hydrogen (secondary N) is 1. The molecule has 0 radical (unpaired) electrons. The highest BCUT2D eigenvalue weighted by Crippen LogP contribution is 2.21. The van der Waals surface area contributed by atoms with Gasteiger partial charge >= 0.3 is 0 Å². The molecule has 0 spiro atoms. The number of para-hydroxylation sites is 1. The Morgan fingerprint density at radius 3 is 2.68 bits per heavy atom. The molecule has 1 N–H and O–H groups in total. The highest BCUT2D eigenvalue weighted by Gasteiger charge is 2.28. The van der Waals surface area contributed by atoms with Crippen LogP contribution in [-0.2, 0) is 6.61 Å². The summed E-state index contributed by atoms with van der Waals surface area (Å²) in [7, 11) is 0. The van der Waals surface area contributed by atoms with E-state index in [0.717, 1.165) is 28.9 Å². The van der Waals surface area contributed by atoms with Crippen molar-refractivity contribution in [1.29, 1.82) is 0 Å². The minimum atomic E-state index is -0.0766. The molecule has 1 aliphatic heterocycles. The summed E-state index contributed by atoms with van der Waals surface area (Å²) in [6, 6.07) is 21.4. The van der Waals surface area contributed by atoms with E-state index in [4.69, 9.17) is 9.15 Å². The van der Waals surface area contributed by atoms with Crippen LogP contribution in [0.1, 0.15) is 22.7 Å². The maximum atomic E-state index is 12.7. The van der Waals surface area contributed by atoms with Gasteiger partial charge in [0, 0.05) is 29.3 Å². The van der Waals surface area contributed by atoms with Gasteiger partial charge < -0.3 is 19.4 Å². The van der Waals surface area contributed by atoms with Crippen molar-refractivity contribution in [2.24, 2.45) is 0 Å². The number of hydrogen-bond donors (Lipinski definition) is 1. The fourth-order valence-electron chi connectivity index (χ4n) is 3.24. The Kier molecular flexibility index (Phi) is 5.67. The molecule has 0 bridgehead atoms. The summed E-state index contributed by atoms with van der Waals surface area (Å²) in [5.74, 6) is 1.66. The second-order valence-corrected chi connectivity index (χ2v) is 7.67. The molecule has 3 aromatic rings. The Hall–Kier alpha value is -2.73. The zero-order chi connectivity index (χ0) is 19.3. The van der Waals surface area contributed by atoms with Gasteiger partial charge in [-0.05, 0) is 55.0 Å². The summed E-state index contributed by atoms with van der Waals surface area (Å²) >= 11 is 3.39. The van der Waals surface area contributed by atoms with Gasteiger partial charge in [0.05, 0.1) is 0 Å². The van der Waals surface area contributed by atoms with Crippen molar-refractivity contribution in [3.05, 3.63) is 82.7 Å². The number of amides is 1. The molecule has 2 aromatic carbocycles. The molecule has 1 atom stereocenters. The largest absolute Gasteiger partial charge is 0.486 e. The van der Waals surface area contributed by atoms with Gasteiger partial charge in [-0.3, -0.25) is 4.79 Å². The van der Waals surface area contributed by atoms with Crippen molar-refractivity contribution < 1.29 is 13.9 Å². The van der Waals surface area contributed by atoms with Crippen LogP contribution >= 0.6 is 15.9 Å². The van der Waals surface area contributed by atoms with E-state index < -0.39 is 0 Å². The quantitative estimate of drug-likeness (QED) is 0.589. The molecule has 1 saturated heterocycles. The van der Waals surface area contributed by atoms with Gasteiger partial charge in [0.25, 0.3) is 5.91 Å². The first-order valence-corrected chi connectivity index (χ1v) is 10.0. The molecule has 1 fully saturated rings. The number of rotatable bonds is 6. The number of furan rings is 1. The molecular formula is C22H21BrN2O3. The third-order valence-corrected chi connectivity index (χ3v) is 5.22. The molecule has 0 aliphatic carbocycles. The van der Waals surface area contributed by atoms with E-state index in [9.17, 15) is 4.79 Å². The summed E-state index contributed by atoms with van der Waals surface area (Å²) in [5.41, 5.74) is 1.08. The van der Waals surface area contributed by atoms with Gasteiger partial charge in [0.2, 0.25) is 0 Å². The molecule has 144 valence electrons. The summed E-state index contributed by atoms with van der Waals surface area (Å²) in [6.45, 7) is 1.67. The Morgan fingerprint density at radius 1 is 1.11 bits per heavy atom. The van der Waals surface area contributed by atoms with E-state index in [-0.39, 0.29) is 18.6 Å². The van der Waals surface area contributed by atoms with Gasteiger partial charge in [-0.2, -0.15) is 0 Å². The van der Waals surface area contributed by atoms with E-state index >= 15 is 0 Å². The Bertz CT molecular complexity index is 924. The average molecular weight is 441 g/mol. The van der Waals surface area contributed by atoms with Crippen molar-refractivity contribution in [2.75, 3.05) is 18.4 Å². The summed E-state index contributed by atoms with van der Waals surface area (Å²) in [4.78, 5) is 14.6. The zero-order valence-corrected chi connectivity index (χ0v) is 16.9. The van der Waals surface area contributed by atoms with E-state index in [1.807, 2.05) is 59.5 Å². The normalized spacial score (nSPS) is 16.2. The standard InChI is InChI=1S/C22H21BrN2O3/c23-16-6-8-19(9-7-16)27-15-20-10-11-21(28-20)22(26)25-13-12-18(14-25)24-17-4-2-1-3-5-17/h1-11,18,24H,12-15H2. The predicted molar refractivity (Wildman–Crippen MR) is 112 cm³/mol. The number of benzene rings is 2. The molecule has 1 aromatic heterocycles. The highest BCUT2D eigenvalue weighted by molar-refractivity contribution is 9.10. The fraction of sp³-hybridized carbons (Fsp3) is 0.227. The number of carbonyl (C=O) groups excluding carboxylic acids is 1. The molecule has 5 nitrogen and oxygen atoms in total. The molecule has 28 heavy (non-hydrogen) atoms. The number of anilines is 1. The molecular weight excluding hydrogens is 420 g/mol. The fourth-order valence-corrected chi connectivity index (χ4v) is 3.51. The minimum absolute atomic E-state index is 0.0766. The molecule has 1 amide bonds. The van der Waals surface area contributed by atoms with Gasteiger partial charge in [-0.1, -0.05) is 34.1 Å². The molecule has 4 rings (SSSR count). The lowest BCUT2D eigenvalue weighted by atomic mass is 10.2. The third-order valence-electron chi connectivity index (χ3n) is 4.69. The number of nitrogens with zero attached hydrogens (tertiary/aromatic N) is 1. The average Bonchev–Trinajstić information content (AvgIpc) is 3.38. The van der Waals surface area contributed by atoms with Gasteiger partial charge in [-0.15, -0.1) is 0 Å². The van der Waals surface area contributed by atoms with Crippen LogP contribution in [0.3, 0.4) is 0 Å². The molecule has 1 unspecified atom stereocenters. The molecule has 2 heterocycles. The highest BCUT2D eigenvalue weighted by atomic mass is 79.9. The molecule has 6 heteroatoms. The number of carbonyl (C=O) groups is 1. The monoisotopic (exact) mass is 440 g/mol. The Labute approximate surface area is 172 Å². The first-order chi connectivity index (χ1) is 13.7. The summed E-state index contributed by atoms with van der Waals surface area (Å²) in [5, 5.41) is 3.48. The van der Waals surface area contributed by atoms with E-state index in [2.05, 4.69) is 21.2 Å². The van der Waals surface area contributed by atoms with Gasteiger partial charge in [-0.25, -0.2) is 0 Å². The van der Waals surface area contributed by atoms with Gasteiger partial charge in [0.15, 0.2) is 5.76 Å². The summed E-state index contributed by atoms with van der Waals surface area (Å²) in [6.07, 6.45) is 0.918. The van der Waals surface area contributed by atoms with Crippen molar-refractivity contribution in [1.82, 2.24) is 4.90 Å². The second-order valence-electron chi connectivity index (χ2n) is 6.76. The van der Waals surface area contributed by atoms with Crippen LogP contribution < -0.4 is 10.1 Å². The molecule has 1 aliphatic rings. The SMILES string of the molecule is O=C(c1ccc(COc2ccc(Br)cc2)o1)N1CCC(Nc2ccccc2)C1. The van der Waals surface area contributed by atoms with Gasteiger partial charge in [0.1, 0.15) is 18.1 Å². The lowest BCUT2D eigenvalue weighted by Crippen LogP contribution is -2.31.